The summed E-state index contributed by atoms with van der Waals surface area (Å²) in [6.45, 7) is 4.78. The van der Waals surface area contributed by atoms with Gasteiger partial charge in [0.05, 0.1) is 18.8 Å². The van der Waals surface area contributed by atoms with E-state index in [0.717, 1.165) is 25.7 Å². The monoisotopic (exact) mass is 314 g/mol. The highest BCUT2D eigenvalue weighted by Gasteiger charge is 2.35. The first-order chi connectivity index (χ1) is 10.1. The van der Waals surface area contributed by atoms with Gasteiger partial charge in [0.25, 0.3) is 0 Å². The van der Waals surface area contributed by atoms with Crippen LogP contribution in [-0.2, 0) is 0 Å². The summed E-state index contributed by atoms with van der Waals surface area (Å²) in [4.78, 5) is 12.3. The zero-order chi connectivity index (χ0) is 15.3. The van der Waals surface area contributed by atoms with Gasteiger partial charge in [0.1, 0.15) is 0 Å². The first kappa shape index (κ1) is 16.2. The number of aromatic nitrogens is 3. The number of anilines is 1. The molecule has 2 atom stereocenters. The van der Waals surface area contributed by atoms with Crippen molar-refractivity contribution >= 4 is 17.5 Å². The molecule has 0 saturated heterocycles. The highest BCUT2D eigenvalue weighted by Crippen LogP contribution is 2.34. The zero-order valence-corrected chi connectivity index (χ0v) is 13.4. The maximum absolute atomic E-state index is 9.80. The maximum Gasteiger partial charge on any atom is 0.322 e. The van der Waals surface area contributed by atoms with Gasteiger partial charge in [-0.05, 0) is 36.8 Å². The Morgan fingerprint density at radius 3 is 2.90 bits per heavy atom. The molecule has 1 heterocycles. The lowest BCUT2D eigenvalue weighted by Gasteiger charge is -2.39. The Morgan fingerprint density at radius 1 is 1.43 bits per heavy atom. The van der Waals surface area contributed by atoms with E-state index in [1.54, 1.807) is 0 Å². The van der Waals surface area contributed by atoms with E-state index >= 15 is 0 Å². The number of hydrogen-bond donors (Lipinski definition) is 2. The van der Waals surface area contributed by atoms with Crippen LogP contribution in [0.3, 0.4) is 0 Å². The first-order valence-corrected chi connectivity index (χ1v) is 7.88. The standard InChI is InChI=1S/C14H23ClN4O2/c1-3-7-21-13-17-11(15)16-12(18-13)19-14(9-20)6-4-5-10(2)8-14/h10,20H,3-9H2,1-2H3,(H,16,17,18,19). The smallest absolute Gasteiger partial charge is 0.322 e. The number of ether oxygens (including phenoxy) is 1. The fourth-order valence-corrected chi connectivity index (χ4v) is 2.99. The van der Waals surface area contributed by atoms with Crippen molar-refractivity contribution in [1.29, 1.82) is 0 Å². The molecule has 0 amide bonds. The third-order valence-corrected chi connectivity index (χ3v) is 3.96. The molecule has 0 spiro atoms. The summed E-state index contributed by atoms with van der Waals surface area (Å²) in [6, 6.07) is 0.219. The van der Waals surface area contributed by atoms with Crippen molar-refractivity contribution in [3.05, 3.63) is 5.28 Å². The van der Waals surface area contributed by atoms with Gasteiger partial charge in [0, 0.05) is 0 Å². The van der Waals surface area contributed by atoms with E-state index in [2.05, 4.69) is 27.2 Å². The van der Waals surface area contributed by atoms with Crippen LogP contribution >= 0.6 is 11.6 Å². The van der Waals surface area contributed by atoms with Gasteiger partial charge in [-0.15, -0.1) is 0 Å². The van der Waals surface area contributed by atoms with Crippen molar-refractivity contribution in [1.82, 2.24) is 15.0 Å². The van der Waals surface area contributed by atoms with Gasteiger partial charge in [0.2, 0.25) is 11.2 Å². The lowest BCUT2D eigenvalue weighted by Crippen LogP contribution is -2.46. The third-order valence-electron chi connectivity index (χ3n) is 3.79. The molecule has 0 radical (unpaired) electrons. The molecule has 2 N–H and O–H groups in total. The van der Waals surface area contributed by atoms with E-state index in [0.29, 0.717) is 18.5 Å². The second kappa shape index (κ2) is 7.22. The number of hydrogen-bond acceptors (Lipinski definition) is 6. The van der Waals surface area contributed by atoms with Crippen molar-refractivity contribution in [2.24, 2.45) is 5.92 Å². The Labute approximate surface area is 130 Å². The van der Waals surface area contributed by atoms with Gasteiger partial charge in [-0.1, -0.05) is 26.7 Å². The number of halogens is 1. The van der Waals surface area contributed by atoms with E-state index < -0.39 is 0 Å². The van der Waals surface area contributed by atoms with Gasteiger partial charge >= 0.3 is 6.01 Å². The molecule has 21 heavy (non-hydrogen) atoms. The molecule has 0 aromatic carbocycles. The van der Waals surface area contributed by atoms with Crippen molar-refractivity contribution in [3.63, 3.8) is 0 Å². The molecule has 2 rings (SSSR count). The molecular formula is C14H23ClN4O2. The minimum absolute atomic E-state index is 0.0474. The van der Waals surface area contributed by atoms with Crippen LogP contribution in [0.2, 0.25) is 5.28 Å². The molecule has 6 nitrogen and oxygen atoms in total. The number of rotatable bonds is 6. The van der Waals surface area contributed by atoms with Crippen molar-refractivity contribution in [2.75, 3.05) is 18.5 Å². The lowest BCUT2D eigenvalue weighted by molar-refractivity contribution is 0.149. The minimum atomic E-state index is -0.385. The molecule has 1 aliphatic carbocycles. The predicted molar refractivity (Wildman–Crippen MR) is 81.7 cm³/mol. The summed E-state index contributed by atoms with van der Waals surface area (Å²) >= 11 is 5.92. The van der Waals surface area contributed by atoms with Crippen molar-refractivity contribution in [2.45, 2.75) is 51.5 Å². The van der Waals surface area contributed by atoms with Gasteiger partial charge < -0.3 is 15.2 Å². The molecule has 1 aliphatic rings. The van der Waals surface area contributed by atoms with Crippen LogP contribution < -0.4 is 10.1 Å². The molecule has 1 fully saturated rings. The predicted octanol–water partition coefficient (Wildman–Crippen LogP) is 2.67. The van der Waals surface area contributed by atoms with Crippen LogP contribution in [0.1, 0.15) is 46.0 Å². The molecular weight excluding hydrogens is 292 g/mol. The van der Waals surface area contributed by atoms with Gasteiger partial charge in [-0.25, -0.2) is 0 Å². The fourth-order valence-electron chi connectivity index (χ4n) is 2.84. The van der Waals surface area contributed by atoms with Crippen LogP contribution in [0.25, 0.3) is 0 Å². The Bertz CT molecular complexity index is 474. The Balaban J connectivity index is 2.14. The number of nitrogens with zero attached hydrogens (tertiary/aromatic N) is 3. The minimum Gasteiger partial charge on any atom is -0.463 e. The summed E-state index contributed by atoms with van der Waals surface area (Å²) in [5.41, 5.74) is -0.385. The Kier molecular flexibility index (Phi) is 5.58. The topological polar surface area (TPSA) is 80.2 Å². The van der Waals surface area contributed by atoms with Crippen LogP contribution in [0.4, 0.5) is 5.95 Å². The summed E-state index contributed by atoms with van der Waals surface area (Å²) in [7, 11) is 0. The fraction of sp³-hybridized carbons (Fsp3) is 0.786. The highest BCUT2D eigenvalue weighted by atomic mass is 35.5. The molecule has 2 unspecified atom stereocenters. The van der Waals surface area contributed by atoms with Gasteiger partial charge in [-0.3, -0.25) is 0 Å². The number of aliphatic hydroxyl groups is 1. The van der Waals surface area contributed by atoms with Crippen LogP contribution in [0.15, 0.2) is 0 Å². The molecule has 7 heteroatoms. The molecule has 0 aliphatic heterocycles. The van der Waals surface area contributed by atoms with Gasteiger partial charge in [0.15, 0.2) is 0 Å². The SMILES string of the molecule is CCCOc1nc(Cl)nc(NC2(CO)CCCC(C)C2)n1. The van der Waals surface area contributed by atoms with E-state index in [4.69, 9.17) is 16.3 Å². The Hall–Kier alpha value is -1.14. The van der Waals surface area contributed by atoms with Crippen LogP contribution in [0, 0.1) is 5.92 Å². The summed E-state index contributed by atoms with van der Waals surface area (Å²) in [6.07, 6.45) is 4.91. The summed E-state index contributed by atoms with van der Waals surface area (Å²) in [5.74, 6) is 0.927. The molecule has 1 aromatic heterocycles. The van der Waals surface area contributed by atoms with E-state index in [1.165, 1.54) is 6.42 Å². The molecule has 0 bridgehead atoms. The van der Waals surface area contributed by atoms with Crippen molar-refractivity contribution in [3.8, 4) is 6.01 Å². The largest absolute Gasteiger partial charge is 0.463 e. The second-order valence-corrected chi connectivity index (χ2v) is 6.16. The number of aliphatic hydroxyl groups excluding tert-OH is 1. The van der Waals surface area contributed by atoms with E-state index in [1.807, 2.05) is 6.92 Å². The highest BCUT2D eigenvalue weighted by molar-refractivity contribution is 6.28. The number of nitrogens with one attached hydrogen (secondary N) is 1. The van der Waals surface area contributed by atoms with E-state index in [9.17, 15) is 5.11 Å². The third kappa shape index (κ3) is 4.41. The summed E-state index contributed by atoms with van der Waals surface area (Å²) < 4.78 is 5.40. The first-order valence-electron chi connectivity index (χ1n) is 7.50. The average Bonchev–Trinajstić information content (AvgIpc) is 2.44. The van der Waals surface area contributed by atoms with Crippen molar-refractivity contribution < 1.29 is 9.84 Å². The molecule has 1 saturated carbocycles. The van der Waals surface area contributed by atoms with Crippen LogP contribution in [0.5, 0.6) is 6.01 Å². The molecule has 118 valence electrons. The zero-order valence-electron chi connectivity index (χ0n) is 12.6. The van der Waals surface area contributed by atoms with E-state index in [-0.39, 0.29) is 23.4 Å². The quantitative estimate of drug-likeness (QED) is 0.840. The van der Waals surface area contributed by atoms with Crippen LogP contribution in [-0.4, -0.2) is 38.8 Å². The summed E-state index contributed by atoms with van der Waals surface area (Å²) in [5, 5.41) is 13.2. The lowest BCUT2D eigenvalue weighted by atomic mass is 9.77. The maximum atomic E-state index is 9.80. The van der Waals surface area contributed by atoms with Gasteiger partial charge in [-0.2, -0.15) is 15.0 Å². The second-order valence-electron chi connectivity index (χ2n) is 5.82. The Morgan fingerprint density at radius 2 is 2.24 bits per heavy atom. The molecule has 1 aromatic rings. The average molecular weight is 315 g/mol. The normalized spacial score (nSPS) is 25.6.